The van der Waals surface area contributed by atoms with Crippen molar-refractivity contribution in [2.75, 3.05) is 19.6 Å². The molecule has 0 bridgehead atoms. The minimum Gasteiger partial charge on any atom is -0.314 e. The minimum atomic E-state index is -3.37. The molecule has 0 radical (unpaired) electrons. The highest BCUT2D eigenvalue weighted by atomic mass is 79.9. The fraction of sp³-hybridized carbons (Fsp3) is 0.455. The van der Waals surface area contributed by atoms with E-state index in [-0.39, 0.29) is 6.04 Å². The molecule has 4 nitrogen and oxygen atoms in total. The van der Waals surface area contributed by atoms with Crippen LogP contribution in [0.15, 0.2) is 33.6 Å². The molecule has 0 aliphatic carbocycles. The first-order valence-corrected chi connectivity index (χ1v) is 7.73. The zero-order chi connectivity index (χ0) is 12.5. The summed E-state index contributed by atoms with van der Waals surface area (Å²) in [5.74, 6) is 0. The number of hydrogen-bond acceptors (Lipinski definition) is 3. The van der Waals surface area contributed by atoms with Gasteiger partial charge in [0.25, 0.3) is 0 Å². The monoisotopic (exact) mass is 318 g/mol. The highest BCUT2D eigenvalue weighted by Crippen LogP contribution is 2.22. The summed E-state index contributed by atoms with van der Waals surface area (Å²) >= 11 is 3.30. The Morgan fingerprint density at radius 2 is 2.24 bits per heavy atom. The molecule has 1 atom stereocenters. The zero-order valence-corrected chi connectivity index (χ0v) is 12.0. The number of halogens is 1. The summed E-state index contributed by atoms with van der Waals surface area (Å²) in [7, 11) is -3.37. The summed E-state index contributed by atoms with van der Waals surface area (Å²) in [5, 5.41) is 3.18. The lowest BCUT2D eigenvalue weighted by atomic mass is 10.3. The Hall–Kier alpha value is -0.430. The van der Waals surface area contributed by atoms with Crippen molar-refractivity contribution in [2.45, 2.75) is 17.9 Å². The summed E-state index contributed by atoms with van der Waals surface area (Å²) < 4.78 is 27.2. The van der Waals surface area contributed by atoms with Gasteiger partial charge in [0, 0.05) is 30.1 Å². The van der Waals surface area contributed by atoms with Crippen LogP contribution in [-0.2, 0) is 10.0 Å². The average Bonchev–Trinajstić information content (AvgIpc) is 2.29. The molecule has 1 fully saturated rings. The number of nitrogens with one attached hydrogen (secondary N) is 1. The predicted octanol–water partition coefficient (Wildman–Crippen LogP) is 1.43. The largest absolute Gasteiger partial charge is 0.314 e. The van der Waals surface area contributed by atoms with Gasteiger partial charge in [0.1, 0.15) is 0 Å². The minimum absolute atomic E-state index is 0.00673. The van der Waals surface area contributed by atoms with E-state index in [2.05, 4.69) is 21.2 Å². The molecule has 1 unspecified atom stereocenters. The Kier molecular flexibility index (Phi) is 3.87. The first-order valence-electron chi connectivity index (χ1n) is 5.50. The van der Waals surface area contributed by atoms with Crippen LogP contribution in [0, 0.1) is 0 Å². The third-order valence-electron chi connectivity index (χ3n) is 2.84. The van der Waals surface area contributed by atoms with Gasteiger partial charge in [-0.2, -0.15) is 4.31 Å². The van der Waals surface area contributed by atoms with E-state index in [4.69, 9.17) is 0 Å². The molecule has 1 aromatic rings. The molecular formula is C11H15BrN2O2S. The van der Waals surface area contributed by atoms with Gasteiger partial charge in [-0.3, -0.25) is 0 Å². The van der Waals surface area contributed by atoms with Crippen molar-refractivity contribution in [1.29, 1.82) is 0 Å². The summed E-state index contributed by atoms with van der Waals surface area (Å²) in [6.45, 7) is 3.85. The van der Waals surface area contributed by atoms with Crippen molar-refractivity contribution in [1.82, 2.24) is 9.62 Å². The number of nitrogens with zero attached hydrogens (tertiary/aromatic N) is 1. The van der Waals surface area contributed by atoms with Gasteiger partial charge in [0.2, 0.25) is 10.0 Å². The molecule has 1 aliphatic rings. The molecule has 0 aromatic heterocycles. The third-order valence-corrected chi connectivity index (χ3v) is 5.35. The Balaban J connectivity index is 2.35. The number of rotatable bonds is 2. The average molecular weight is 319 g/mol. The van der Waals surface area contributed by atoms with Crippen molar-refractivity contribution >= 4 is 26.0 Å². The summed E-state index contributed by atoms with van der Waals surface area (Å²) in [6.07, 6.45) is 0. The first-order chi connectivity index (χ1) is 8.01. The second kappa shape index (κ2) is 5.06. The second-order valence-corrected chi connectivity index (χ2v) is 6.93. The summed E-state index contributed by atoms with van der Waals surface area (Å²) in [5.41, 5.74) is 0. The Morgan fingerprint density at radius 1 is 1.47 bits per heavy atom. The predicted molar refractivity (Wildman–Crippen MR) is 70.4 cm³/mol. The van der Waals surface area contributed by atoms with E-state index in [0.717, 1.165) is 4.47 Å². The molecule has 1 N–H and O–H groups in total. The molecule has 0 saturated carbocycles. The van der Waals surface area contributed by atoms with Crippen LogP contribution in [0.25, 0.3) is 0 Å². The molecule has 1 aromatic carbocycles. The Bertz CT molecular complexity index is 504. The van der Waals surface area contributed by atoms with Gasteiger partial charge < -0.3 is 5.32 Å². The maximum Gasteiger partial charge on any atom is 0.243 e. The summed E-state index contributed by atoms with van der Waals surface area (Å²) in [6, 6.07) is 6.83. The number of piperazine rings is 1. The van der Waals surface area contributed by atoms with Crippen LogP contribution in [-0.4, -0.2) is 38.4 Å². The van der Waals surface area contributed by atoms with E-state index in [9.17, 15) is 8.42 Å². The summed E-state index contributed by atoms with van der Waals surface area (Å²) in [4.78, 5) is 0.348. The van der Waals surface area contributed by atoms with Crippen molar-refractivity contribution in [3.63, 3.8) is 0 Å². The molecule has 0 spiro atoms. The van der Waals surface area contributed by atoms with Gasteiger partial charge in [-0.05, 0) is 25.1 Å². The lowest BCUT2D eigenvalue weighted by Gasteiger charge is -2.32. The SMILES string of the molecule is CC1CNCCN1S(=O)(=O)c1cccc(Br)c1. The van der Waals surface area contributed by atoms with E-state index in [0.29, 0.717) is 24.5 Å². The van der Waals surface area contributed by atoms with Gasteiger partial charge in [-0.25, -0.2) is 8.42 Å². The second-order valence-electron chi connectivity index (χ2n) is 4.13. The highest BCUT2D eigenvalue weighted by Gasteiger charge is 2.30. The van der Waals surface area contributed by atoms with E-state index < -0.39 is 10.0 Å². The van der Waals surface area contributed by atoms with Gasteiger partial charge in [-0.1, -0.05) is 22.0 Å². The maximum atomic E-state index is 12.4. The van der Waals surface area contributed by atoms with E-state index in [1.54, 1.807) is 22.5 Å². The van der Waals surface area contributed by atoms with Gasteiger partial charge in [-0.15, -0.1) is 0 Å². The smallest absolute Gasteiger partial charge is 0.243 e. The fourth-order valence-corrected chi connectivity index (χ4v) is 4.17. The molecule has 1 heterocycles. The van der Waals surface area contributed by atoms with E-state index >= 15 is 0 Å². The lowest BCUT2D eigenvalue weighted by Crippen LogP contribution is -2.52. The van der Waals surface area contributed by atoms with E-state index in [1.165, 1.54) is 0 Å². The molecule has 1 aliphatic heterocycles. The van der Waals surface area contributed by atoms with Crippen LogP contribution in [0.5, 0.6) is 0 Å². The molecule has 94 valence electrons. The van der Waals surface area contributed by atoms with Gasteiger partial charge in [0.15, 0.2) is 0 Å². The number of benzene rings is 1. The Labute approximate surface area is 110 Å². The number of hydrogen-bond donors (Lipinski definition) is 1. The maximum absolute atomic E-state index is 12.4. The van der Waals surface area contributed by atoms with Crippen LogP contribution in [0.4, 0.5) is 0 Å². The molecular weight excluding hydrogens is 304 g/mol. The van der Waals surface area contributed by atoms with Gasteiger partial charge in [0.05, 0.1) is 4.90 Å². The van der Waals surface area contributed by atoms with Crippen molar-refractivity contribution < 1.29 is 8.42 Å². The van der Waals surface area contributed by atoms with Crippen LogP contribution in [0.1, 0.15) is 6.92 Å². The van der Waals surface area contributed by atoms with Crippen molar-refractivity contribution in [3.05, 3.63) is 28.7 Å². The lowest BCUT2D eigenvalue weighted by molar-refractivity contribution is 0.284. The molecule has 17 heavy (non-hydrogen) atoms. The molecule has 6 heteroatoms. The third kappa shape index (κ3) is 2.70. The van der Waals surface area contributed by atoms with Gasteiger partial charge >= 0.3 is 0 Å². The van der Waals surface area contributed by atoms with E-state index in [1.807, 2.05) is 13.0 Å². The van der Waals surface area contributed by atoms with Crippen LogP contribution < -0.4 is 5.32 Å². The topological polar surface area (TPSA) is 49.4 Å². The Morgan fingerprint density at radius 3 is 2.88 bits per heavy atom. The quantitative estimate of drug-likeness (QED) is 0.897. The van der Waals surface area contributed by atoms with Crippen LogP contribution in [0.3, 0.4) is 0 Å². The van der Waals surface area contributed by atoms with Crippen LogP contribution >= 0.6 is 15.9 Å². The molecule has 2 rings (SSSR count). The van der Waals surface area contributed by atoms with Crippen molar-refractivity contribution in [2.24, 2.45) is 0 Å². The normalized spacial score (nSPS) is 22.6. The van der Waals surface area contributed by atoms with Crippen molar-refractivity contribution in [3.8, 4) is 0 Å². The fourth-order valence-electron chi connectivity index (χ4n) is 1.94. The highest BCUT2D eigenvalue weighted by molar-refractivity contribution is 9.10. The number of sulfonamides is 1. The molecule has 1 saturated heterocycles. The van der Waals surface area contributed by atoms with Crippen LogP contribution in [0.2, 0.25) is 0 Å². The first kappa shape index (κ1) is 13.0. The standard InChI is InChI=1S/C11H15BrN2O2S/c1-9-8-13-5-6-14(9)17(15,16)11-4-2-3-10(12)7-11/h2-4,7,9,13H,5-6,8H2,1H3. The molecule has 0 amide bonds. The zero-order valence-electron chi connectivity index (χ0n) is 9.56.